The molecule has 0 fully saturated rings. The predicted molar refractivity (Wildman–Crippen MR) is 104 cm³/mol. The Morgan fingerprint density at radius 3 is 2.31 bits per heavy atom. The Morgan fingerprint density at radius 1 is 1.17 bits per heavy atom. The zero-order chi connectivity index (χ0) is 21.6. The minimum atomic E-state index is -4.88. The van der Waals surface area contributed by atoms with Gasteiger partial charge in [0, 0.05) is 16.7 Å². The van der Waals surface area contributed by atoms with Crippen LogP contribution in [0.2, 0.25) is 0 Å². The summed E-state index contributed by atoms with van der Waals surface area (Å²) in [7, 11) is 0. The normalized spacial score (nSPS) is 12.3. The van der Waals surface area contributed by atoms with Crippen LogP contribution in [-0.2, 0) is 12.8 Å². The van der Waals surface area contributed by atoms with Crippen molar-refractivity contribution in [3.05, 3.63) is 58.7 Å². The predicted octanol–water partition coefficient (Wildman–Crippen LogP) is 5.87. The molecule has 0 saturated carbocycles. The molecule has 0 saturated heterocycles. The van der Waals surface area contributed by atoms with Crippen LogP contribution in [-0.4, -0.2) is 17.0 Å². The lowest BCUT2D eigenvalue weighted by molar-refractivity contribution is -0.0588. The van der Waals surface area contributed by atoms with Crippen molar-refractivity contribution in [1.82, 2.24) is 0 Å². The van der Waals surface area contributed by atoms with Gasteiger partial charge >= 0.3 is 6.18 Å². The molecule has 0 radical (unpaired) electrons. The quantitative estimate of drug-likeness (QED) is 0.540. The number of nitrogens with one attached hydrogen (secondary N) is 1. The first-order valence-corrected chi connectivity index (χ1v) is 9.39. The molecule has 7 heteroatoms. The van der Waals surface area contributed by atoms with Crippen LogP contribution in [0.5, 0.6) is 11.5 Å². The number of alkyl halides is 3. The molecule has 0 aliphatic heterocycles. The first-order valence-electron chi connectivity index (χ1n) is 9.39. The summed E-state index contributed by atoms with van der Waals surface area (Å²) in [5.41, 5.74) is -0.930. The average Bonchev–Trinajstić information content (AvgIpc) is 2.69. The van der Waals surface area contributed by atoms with Gasteiger partial charge in [0.05, 0.1) is 0 Å². The summed E-state index contributed by atoms with van der Waals surface area (Å²) in [6, 6.07) is 12.0. The highest BCUT2D eigenvalue weighted by Gasteiger charge is 2.38. The van der Waals surface area contributed by atoms with Gasteiger partial charge in [-0.3, -0.25) is 5.41 Å². The number of benzene rings is 2. The molecule has 0 aliphatic carbocycles. The van der Waals surface area contributed by atoms with Crippen molar-refractivity contribution in [2.24, 2.45) is 0 Å². The van der Waals surface area contributed by atoms with Crippen molar-refractivity contribution in [2.75, 3.05) is 0 Å². The van der Waals surface area contributed by atoms with Crippen LogP contribution in [0.3, 0.4) is 0 Å². The minimum Gasteiger partial charge on any atom is -0.507 e. The van der Waals surface area contributed by atoms with E-state index in [0.717, 1.165) is 6.07 Å². The molecular formula is C22H23F3N2O2. The van der Waals surface area contributed by atoms with Crippen molar-refractivity contribution in [1.29, 1.82) is 10.7 Å². The SMILES string of the molecule is CCCc1cc(C(=N)C(F)(F)F)c(O)c(CCC)c1OC(C#N)c1ccccc1. The molecule has 0 amide bonds. The van der Waals surface area contributed by atoms with Gasteiger partial charge in [0.15, 0.2) is 0 Å². The number of phenolic OH excluding ortho intramolecular Hbond substituents is 1. The van der Waals surface area contributed by atoms with E-state index in [0.29, 0.717) is 30.4 Å². The molecule has 2 aromatic rings. The van der Waals surface area contributed by atoms with Crippen molar-refractivity contribution >= 4 is 5.71 Å². The molecule has 1 unspecified atom stereocenters. The number of aryl methyl sites for hydroxylation is 1. The third-order valence-electron chi connectivity index (χ3n) is 4.45. The maximum atomic E-state index is 13.1. The molecule has 2 rings (SSSR count). The van der Waals surface area contributed by atoms with E-state index in [1.165, 1.54) is 0 Å². The summed E-state index contributed by atoms with van der Waals surface area (Å²) in [4.78, 5) is 0. The number of nitriles is 1. The molecule has 29 heavy (non-hydrogen) atoms. The summed E-state index contributed by atoms with van der Waals surface area (Å²) in [6.45, 7) is 3.69. The summed E-state index contributed by atoms with van der Waals surface area (Å²) >= 11 is 0. The van der Waals surface area contributed by atoms with Gasteiger partial charge in [-0.2, -0.15) is 18.4 Å². The Morgan fingerprint density at radius 2 is 1.79 bits per heavy atom. The van der Waals surface area contributed by atoms with E-state index >= 15 is 0 Å². The highest BCUT2D eigenvalue weighted by Crippen LogP contribution is 2.41. The van der Waals surface area contributed by atoms with Crippen LogP contribution in [0.15, 0.2) is 36.4 Å². The fraction of sp³-hybridized carbons (Fsp3) is 0.364. The van der Waals surface area contributed by atoms with Gasteiger partial charge in [-0.25, -0.2) is 0 Å². The molecule has 4 nitrogen and oxygen atoms in total. The molecule has 0 aromatic heterocycles. The van der Waals surface area contributed by atoms with E-state index in [9.17, 15) is 23.5 Å². The van der Waals surface area contributed by atoms with Crippen molar-refractivity contribution in [3.8, 4) is 17.6 Å². The Hall–Kier alpha value is -3.01. The second-order valence-electron chi connectivity index (χ2n) is 6.65. The van der Waals surface area contributed by atoms with E-state index in [1.54, 1.807) is 30.3 Å². The van der Waals surface area contributed by atoms with Crippen LogP contribution in [0.25, 0.3) is 0 Å². The summed E-state index contributed by atoms with van der Waals surface area (Å²) < 4.78 is 45.3. The number of phenols is 1. The topological polar surface area (TPSA) is 77.1 Å². The van der Waals surface area contributed by atoms with Gasteiger partial charge < -0.3 is 9.84 Å². The molecule has 0 heterocycles. The molecule has 1 atom stereocenters. The maximum absolute atomic E-state index is 13.1. The van der Waals surface area contributed by atoms with E-state index < -0.39 is 29.3 Å². The lowest BCUT2D eigenvalue weighted by Gasteiger charge is -2.22. The van der Waals surface area contributed by atoms with Crippen LogP contribution in [0.4, 0.5) is 13.2 Å². The Labute approximate surface area is 168 Å². The van der Waals surface area contributed by atoms with Crippen LogP contribution in [0.1, 0.15) is 55.0 Å². The first kappa shape index (κ1) is 22.3. The van der Waals surface area contributed by atoms with E-state index in [1.807, 2.05) is 13.8 Å². The number of hydrogen-bond donors (Lipinski definition) is 2. The number of aromatic hydroxyl groups is 1. The summed E-state index contributed by atoms with van der Waals surface area (Å²) in [5, 5.41) is 27.6. The maximum Gasteiger partial charge on any atom is 0.433 e. The van der Waals surface area contributed by atoms with Gasteiger partial charge in [-0.15, -0.1) is 0 Å². The minimum absolute atomic E-state index is 0.193. The molecule has 2 N–H and O–H groups in total. The number of hydrogen-bond acceptors (Lipinski definition) is 4. The smallest absolute Gasteiger partial charge is 0.433 e. The Balaban J connectivity index is 2.64. The van der Waals surface area contributed by atoms with E-state index in [-0.39, 0.29) is 17.7 Å². The van der Waals surface area contributed by atoms with Crippen LogP contribution < -0.4 is 4.74 Å². The molecule has 2 aromatic carbocycles. The Kier molecular flexibility index (Phi) is 7.27. The van der Waals surface area contributed by atoms with Gasteiger partial charge in [0.25, 0.3) is 0 Å². The zero-order valence-corrected chi connectivity index (χ0v) is 16.3. The third-order valence-corrected chi connectivity index (χ3v) is 4.45. The van der Waals surface area contributed by atoms with Gasteiger partial charge in [-0.05, 0) is 24.5 Å². The zero-order valence-electron chi connectivity index (χ0n) is 16.3. The van der Waals surface area contributed by atoms with Crippen molar-refractivity contribution in [2.45, 2.75) is 51.8 Å². The van der Waals surface area contributed by atoms with Crippen molar-refractivity contribution < 1.29 is 23.0 Å². The van der Waals surface area contributed by atoms with Gasteiger partial charge in [0.2, 0.25) is 6.10 Å². The lowest BCUT2D eigenvalue weighted by Crippen LogP contribution is -2.23. The monoisotopic (exact) mass is 404 g/mol. The second kappa shape index (κ2) is 9.46. The number of nitrogens with zero attached hydrogens (tertiary/aromatic N) is 1. The second-order valence-corrected chi connectivity index (χ2v) is 6.65. The fourth-order valence-corrected chi connectivity index (χ4v) is 3.11. The molecule has 0 bridgehead atoms. The number of ether oxygens (including phenoxy) is 1. The fourth-order valence-electron chi connectivity index (χ4n) is 3.11. The lowest BCUT2D eigenvalue weighted by atomic mass is 9.94. The first-order chi connectivity index (χ1) is 13.7. The number of halogens is 3. The van der Waals surface area contributed by atoms with Gasteiger partial charge in [0.1, 0.15) is 23.3 Å². The molecule has 154 valence electrons. The highest BCUT2D eigenvalue weighted by molar-refractivity contribution is 6.05. The third kappa shape index (κ3) is 5.08. The van der Waals surface area contributed by atoms with Crippen LogP contribution >= 0.6 is 0 Å². The van der Waals surface area contributed by atoms with E-state index in [2.05, 4.69) is 6.07 Å². The highest BCUT2D eigenvalue weighted by atomic mass is 19.4. The summed E-state index contributed by atoms with van der Waals surface area (Å²) in [6.07, 6.45) is -4.06. The standard InChI is InChI=1S/C22H23F3N2O2/c1-3-8-15-12-17(21(27)22(23,24)25)19(28)16(9-4-2)20(15)29-18(13-26)14-10-6-5-7-11-14/h5-7,10-12,18,27-28H,3-4,8-9H2,1-2H3. The van der Waals surface area contributed by atoms with E-state index in [4.69, 9.17) is 10.1 Å². The number of rotatable bonds is 8. The Bertz CT molecular complexity index is 903. The van der Waals surface area contributed by atoms with Gasteiger partial charge in [-0.1, -0.05) is 57.0 Å². The summed E-state index contributed by atoms with van der Waals surface area (Å²) in [5.74, 6) is -0.394. The largest absolute Gasteiger partial charge is 0.507 e. The van der Waals surface area contributed by atoms with Crippen molar-refractivity contribution in [3.63, 3.8) is 0 Å². The average molecular weight is 404 g/mol. The molecule has 0 spiro atoms. The van der Waals surface area contributed by atoms with Crippen LogP contribution in [0, 0.1) is 16.7 Å². The molecular weight excluding hydrogens is 381 g/mol. The molecule has 0 aliphatic rings.